The van der Waals surface area contributed by atoms with Crippen molar-refractivity contribution in [1.82, 2.24) is 0 Å². The Hall–Kier alpha value is -1.06. The highest BCUT2D eigenvalue weighted by Crippen LogP contribution is 2.29. The van der Waals surface area contributed by atoms with Crippen molar-refractivity contribution in [2.45, 2.75) is 51.6 Å². The fraction of sp³-hybridized carbons (Fsp3) is 0.818. The van der Waals surface area contributed by atoms with Crippen LogP contribution < -0.4 is 5.73 Å². The van der Waals surface area contributed by atoms with Crippen LogP contribution in [0.2, 0.25) is 0 Å². The van der Waals surface area contributed by atoms with E-state index >= 15 is 0 Å². The van der Waals surface area contributed by atoms with Crippen LogP contribution >= 0.6 is 0 Å². The Morgan fingerprint density at radius 1 is 1.53 bits per heavy atom. The average Bonchev–Trinajstić information content (AvgIpc) is 2.06. The summed E-state index contributed by atoms with van der Waals surface area (Å²) in [5.74, 6) is 0.329. The first kappa shape index (κ1) is 12.0. The number of carbonyl (C=O) groups excluding carboxylic acids is 2. The number of primary amides is 1. The van der Waals surface area contributed by atoms with Crippen LogP contribution in [0.25, 0.3) is 0 Å². The lowest BCUT2D eigenvalue weighted by molar-refractivity contribution is -0.126. The number of carbonyl (C=O) groups is 2. The van der Waals surface area contributed by atoms with Crippen LogP contribution in [-0.4, -0.2) is 17.5 Å². The lowest BCUT2D eigenvalue weighted by atomic mass is 9.81. The molecule has 0 spiro atoms. The molecule has 0 unspecified atom stereocenters. The highest BCUT2D eigenvalue weighted by molar-refractivity contribution is 5.81. The predicted molar refractivity (Wildman–Crippen MR) is 56.3 cm³/mol. The molecule has 0 heterocycles. The number of rotatable bonds is 3. The standard InChI is InChI=1S/C11H19NO3/c1-11(2,15-10(12)14)7-8-5-3-4-6-9(8)13/h8H,3-7H2,1-2H3,(H2,12,14)/t8-/m0/s1. The van der Waals surface area contributed by atoms with Crippen LogP contribution in [0, 0.1) is 5.92 Å². The molecule has 0 saturated heterocycles. The normalized spacial score (nSPS) is 22.5. The molecular formula is C11H19NO3. The minimum atomic E-state index is -0.775. The molecule has 0 aromatic rings. The predicted octanol–water partition coefficient (Wildman–Crippen LogP) is 2.01. The molecule has 0 bridgehead atoms. The van der Waals surface area contributed by atoms with Crippen molar-refractivity contribution in [2.75, 3.05) is 0 Å². The lowest BCUT2D eigenvalue weighted by Crippen LogP contribution is -2.35. The lowest BCUT2D eigenvalue weighted by Gasteiger charge is -2.30. The highest BCUT2D eigenvalue weighted by atomic mass is 16.6. The maximum atomic E-state index is 11.6. The summed E-state index contributed by atoms with van der Waals surface area (Å²) in [5.41, 5.74) is 4.34. The first-order chi connectivity index (χ1) is 6.91. The third-order valence-corrected chi connectivity index (χ3v) is 2.80. The number of ether oxygens (including phenoxy) is 1. The van der Waals surface area contributed by atoms with Gasteiger partial charge in [0, 0.05) is 12.3 Å². The van der Waals surface area contributed by atoms with E-state index < -0.39 is 11.7 Å². The number of hydrogen-bond acceptors (Lipinski definition) is 3. The SMILES string of the molecule is CC(C)(C[C@@H]1CCCCC1=O)OC(N)=O. The molecule has 1 fully saturated rings. The second-order valence-corrected chi connectivity index (χ2v) is 4.79. The molecular weight excluding hydrogens is 194 g/mol. The van der Waals surface area contributed by atoms with Crippen LogP contribution in [-0.2, 0) is 9.53 Å². The summed E-state index contributed by atoms with van der Waals surface area (Å²) in [6.07, 6.45) is 3.45. The van der Waals surface area contributed by atoms with E-state index in [9.17, 15) is 9.59 Å². The van der Waals surface area contributed by atoms with E-state index in [0.29, 0.717) is 18.6 Å². The van der Waals surface area contributed by atoms with E-state index in [1.54, 1.807) is 13.8 Å². The Morgan fingerprint density at radius 3 is 2.73 bits per heavy atom. The second kappa shape index (κ2) is 4.64. The zero-order valence-electron chi connectivity index (χ0n) is 9.41. The monoisotopic (exact) mass is 213 g/mol. The quantitative estimate of drug-likeness (QED) is 0.779. The van der Waals surface area contributed by atoms with Crippen molar-refractivity contribution in [3.05, 3.63) is 0 Å². The number of hydrogen-bond donors (Lipinski definition) is 1. The van der Waals surface area contributed by atoms with Gasteiger partial charge in [-0.3, -0.25) is 4.79 Å². The van der Waals surface area contributed by atoms with Gasteiger partial charge in [-0.1, -0.05) is 6.42 Å². The van der Waals surface area contributed by atoms with Crippen LogP contribution in [0.1, 0.15) is 46.0 Å². The minimum absolute atomic E-state index is 0.0353. The minimum Gasteiger partial charge on any atom is -0.444 e. The van der Waals surface area contributed by atoms with Crippen LogP contribution in [0.3, 0.4) is 0 Å². The van der Waals surface area contributed by atoms with Crippen molar-refractivity contribution in [2.24, 2.45) is 11.7 Å². The highest BCUT2D eigenvalue weighted by Gasteiger charge is 2.31. The fourth-order valence-electron chi connectivity index (χ4n) is 2.18. The van der Waals surface area contributed by atoms with Gasteiger partial charge in [0.25, 0.3) is 0 Å². The smallest absolute Gasteiger partial charge is 0.405 e. The second-order valence-electron chi connectivity index (χ2n) is 4.79. The number of amides is 1. The number of Topliss-reactive ketones (excluding diaryl/α,β-unsaturated/α-hetero) is 1. The third-order valence-electron chi connectivity index (χ3n) is 2.80. The van der Waals surface area contributed by atoms with Gasteiger partial charge in [0.05, 0.1) is 0 Å². The summed E-state index contributed by atoms with van der Waals surface area (Å²) < 4.78 is 4.98. The van der Waals surface area contributed by atoms with Gasteiger partial charge in [0.1, 0.15) is 11.4 Å². The summed E-state index contributed by atoms with van der Waals surface area (Å²) in [6, 6.07) is 0. The van der Waals surface area contributed by atoms with E-state index in [0.717, 1.165) is 19.3 Å². The molecule has 0 radical (unpaired) electrons. The molecule has 0 aliphatic heterocycles. The van der Waals surface area contributed by atoms with Gasteiger partial charge in [0.2, 0.25) is 0 Å². The molecule has 15 heavy (non-hydrogen) atoms. The summed E-state index contributed by atoms with van der Waals surface area (Å²) in [5, 5.41) is 0. The first-order valence-corrected chi connectivity index (χ1v) is 5.42. The molecule has 0 aromatic heterocycles. The molecule has 4 heteroatoms. The average molecular weight is 213 g/mol. The molecule has 1 rings (SSSR count). The summed E-state index contributed by atoms with van der Waals surface area (Å²) >= 11 is 0. The Morgan fingerprint density at radius 2 is 2.20 bits per heavy atom. The molecule has 1 atom stereocenters. The molecule has 86 valence electrons. The molecule has 2 N–H and O–H groups in total. The Labute approximate surface area is 90.2 Å². The van der Waals surface area contributed by atoms with E-state index in [4.69, 9.17) is 10.5 Å². The van der Waals surface area contributed by atoms with E-state index in [2.05, 4.69) is 0 Å². The van der Waals surface area contributed by atoms with Gasteiger partial charge < -0.3 is 10.5 Å². The maximum absolute atomic E-state index is 11.6. The largest absolute Gasteiger partial charge is 0.444 e. The third kappa shape index (κ3) is 3.90. The van der Waals surface area contributed by atoms with Crippen molar-refractivity contribution in [1.29, 1.82) is 0 Å². The maximum Gasteiger partial charge on any atom is 0.405 e. The van der Waals surface area contributed by atoms with Gasteiger partial charge >= 0.3 is 6.09 Å². The van der Waals surface area contributed by atoms with E-state index in [1.807, 2.05) is 0 Å². The molecule has 0 aromatic carbocycles. The zero-order chi connectivity index (χ0) is 11.5. The van der Waals surface area contributed by atoms with Gasteiger partial charge in [-0.15, -0.1) is 0 Å². The molecule has 1 amide bonds. The fourth-order valence-corrected chi connectivity index (χ4v) is 2.18. The van der Waals surface area contributed by atoms with Crippen molar-refractivity contribution in [3.63, 3.8) is 0 Å². The molecule has 1 saturated carbocycles. The number of ketones is 1. The van der Waals surface area contributed by atoms with Crippen LogP contribution in [0.4, 0.5) is 4.79 Å². The van der Waals surface area contributed by atoms with Crippen molar-refractivity contribution in [3.8, 4) is 0 Å². The summed E-state index contributed by atoms with van der Waals surface area (Å²) in [4.78, 5) is 22.2. The topological polar surface area (TPSA) is 69.4 Å². The van der Waals surface area contributed by atoms with Gasteiger partial charge in [0.15, 0.2) is 0 Å². The molecule has 1 aliphatic carbocycles. The first-order valence-electron chi connectivity index (χ1n) is 5.42. The van der Waals surface area contributed by atoms with Gasteiger partial charge in [-0.05, 0) is 33.1 Å². The summed E-state index contributed by atoms with van der Waals surface area (Å²) in [7, 11) is 0. The Bertz CT molecular complexity index is 261. The summed E-state index contributed by atoms with van der Waals surface area (Å²) in [6.45, 7) is 3.58. The Balaban J connectivity index is 2.51. The van der Waals surface area contributed by atoms with Gasteiger partial charge in [-0.25, -0.2) is 4.79 Å². The Kier molecular flexibility index (Phi) is 3.72. The van der Waals surface area contributed by atoms with E-state index in [1.165, 1.54) is 0 Å². The van der Waals surface area contributed by atoms with E-state index in [-0.39, 0.29) is 5.92 Å². The number of nitrogens with two attached hydrogens (primary N) is 1. The van der Waals surface area contributed by atoms with Crippen molar-refractivity contribution < 1.29 is 14.3 Å². The zero-order valence-corrected chi connectivity index (χ0v) is 9.41. The van der Waals surface area contributed by atoms with Crippen molar-refractivity contribution >= 4 is 11.9 Å². The molecule has 1 aliphatic rings. The van der Waals surface area contributed by atoms with Crippen LogP contribution in [0.15, 0.2) is 0 Å². The molecule has 4 nitrogen and oxygen atoms in total. The van der Waals surface area contributed by atoms with Gasteiger partial charge in [-0.2, -0.15) is 0 Å². The van der Waals surface area contributed by atoms with Crippen LogP contribution in [0.5, 0.6) is 0 Å².